The largest absolute Gasteiger partial charge is 0.493 e. The quantitative estimate of drug-likeness (QED) is 0.0798. The molecule has 2 aromatic heterocycles. The van der Waals surface area contributed by atoms with Crippen LogP contribution in [0.4, 0.5) is 4.39 Å². The topological polar surface area (TPSA) is 185 Å². The summed E-state index contributed by atoms with van der Waals surface area (Å²) in [6, 6.07) is 8.09. The van der Waals surface area contributed by atoms with Crippen LogP contribution in [0.2, 0.25) is 5.02 Å². The first-order valence-corrected chi connectivity index (χ1v) is 22.3. The number of carboxylic acid groups (broad SMARTS) is 2. The van der Waals surface area contributed by atoms with Gasteiger partial charge in [-0.25, -0.2) is 19.0 Å². The van der Waals surface area contributed by atoms with Crippen LogP contribution < -0.4 is 20.2 Å². The fraction of sp³-hybridized carbons (Fsp3) is 0.435. The normalized spacial score (nSPS) is 18.3. The lowest BCUT2D eigenvalue weighted by Crippen LogP contribution is -2.49. The molecule has 3 N–H and O–H groups in total. The van der Waals surface area contributed by atoms with Crippen molar-refractivity contribution < 1.29 is 43.2 Å². The molecule has 0 radical (unpaired) electrons. The fourth-order valence-electron chi connectivity index (χ4n) is 8.60. The van der Waals surface area contributed by atoms with Gasteiger partial charge in [0.15, 0.2) is 27.8 Å². The molecule has 2 unspecified atom stereocenters. The van der Waals surface area contributed by atoms with Crippen molar-refractivity contribution in [2.45, 2.75) is 58.5 Å². The molecular formula is C46H52ClFN6O9S. The Morgan fingerprint density at radius 3 is 2.42 bits per heavy atom. The Labute approximate surface area is 379 Å². The number of nitrogens with zero attached hydrogens (tertiary/aromatic N) is 5. The smallest absolute Gasteiger partial charge is 0.341 e. The van der Waals surface area contributed by atoms with Gasteiger partial charge in [0.25, 0.3) is 0 Å². The highest BCUT2D eigenvalue weighted by Gasteiger charge is 2.36. The van der Waals surface area contributed by atoms with Gasteiger partial charge in [0.1, 0.15) is 17.4 Å². The number of aromatic carboxylic acids is 1. The number of aromatic nitrogens is 2. The molecule has 7 rings (SSSR count). The number of methoxy groups -OCH3 is 2. The number of carbonyl (C=O) groups excluding carboxylic acids is 1. The van der Waals surface area contributed by atoms with Gasteiger partial charge in [-0.2, -0.15) is 0 Å². The van der Waals surface area contributed by atoms with E-state index in [0.717, 1.165) is 11.1 Å². The summed E-state index contributed by atoms with van der Waals surface area (Å²) in [5, 5.41) is 25.7. The zero-order chi connectivity index (χ0) is 45.9. The third-order valence-electron chi connectivity index (χ3n) is 12.1. The van der Waals surface area contributed by atoms with Crippen LogP contribution in [0, 0.1) is 17.2 Å². The molecule has 2 aromatic carbocycles. The number of piperazine rings is 1. The Morgan fingerprint density at radius 1 is 1.03 bits per heavy atom. The van der Waals surface area contributed by atoms with Crippen LogP contribution in [0.5, 0.6) is 11.5 Å². The molecule has 18 heteroatoms. The molecule has 15 nitrogen and oxygen atoms in total. The number of aliphatic carboxylic acids is 1. The molecule has 0 amide bonds. The van der Waals surface area contributed by atoms with E-state index in [0.29, 0.717) is 104 Å². The van der Waals surface area contributed by atoms with Gasteiger partial charge >= 0.3 is 17.9 Å². The lowest BCUT2D eigenvalue weighted by atomic mass is 9.78. The van der Waals surface area contributed by atoms with Crippen molar-refractivity contribution in [2.24, 2.45) is 16.3 Å². The fourth-order valence-corrected chi connectivity index (χ4v) is 9.46. The average Bonchev–Trinajstić information content (AvgIpc) is 3.80. The molecule has 1 fully saturated rings. The number of halogens is 2. The number of fused-ring (bicyclic) bond motifs is 3. The third kappa shape index (κ3) is 10.2. The van der Waals surface area contributed by atoms with E-state index in [-0.39, 0.29) is 34.2 Å². The van der Waals surface area contributed by atoms with E-state index in [1.54, 1.807) is 6.20 Å². The van der Waals surface area contributed by atoms with Gasteiger partial charge in [0, 0.05) is 84.5 Å². The van der Waals surface area contributed by atoms with Gasteiger partial charge in [-0.1, -0.05) is 38.4 Å². The number of carboxylic acids is 2. The zero-order valence-electron chi connectivity index (χ0n) is 36.4. The van der Waals surface area contributed by atoms with Gasteiger partial charge in [-0.05, 0) is 67.5 Å². The summed E-state index contributed by atoms with van der Waals surface area (Å²) in [6.07, 6.45) is 5.04. The maximum absolute atomic E-state index is 14.1. The van der Waals surface area contributed by atoms with E-state index in [1.807, 2.05) is 22.1 Å². The van der Waals surface area contributed by atoms with Crippen molar-refractivity contribution in [2.75, 3.05) is 60.1 Å². The number of ether oxygens (including phenoxy) is 3. The van der Waals surface area contributed by atoms with Crippen molar-refractivity contribution >= 4 is 46.7 Å². The van der Waals surface area contributed by atoms with Crippen LogP contribution in [0.3, 0.4) is 0 Å². The summed E-state index contributed by atoms with van der Waals surface area (Å²) in [4.78, 5) is 64.1. The van der Waals surface area contributed by atoms with Crippen LogP contribution in [0.15, 0.2) is 75.2 Å². The van der Waals surface area contributed by atoms with Crippen molar-refractivity contribution in [3.8, 4) is 22.8 Å². The number of rotatable bonds is 16. The highest BCUT2D eigenvalue weighted by molar-refractivity contribution is 7.11. The van der Waals surface area contributed by atoms with Crippen molar-refractivity contribution in [1.29, 1.82) is 0 Å². The summed E-state index contributed by atoms with van der Waals surface area (Å²) in [5.41, 5.74) is 2.49. The zero-order valence-corrected chi connectivity index (χ0v) is 37.9. The molecule has 3 aliphatic rings. The Kier molecular flexibility index (Phi) is 14.2. The Balaban J connectivity index is 0.960. The van der Waals surface area contributed by atoms with Gasteiger partial charge in [-0.15, -0.1) is 11.3 Å². The highest BCUT2D eigenvalue weighted by Crippen LogP contribution is 2.46. The predicted octanol–water partition coefficient (Wildman–Crippen LogP) is 6.70. The van der Waals surface area contributed by atoms with Crippen molar-refractivity contribution in [3.05, 3.63) is 108 Å². The van der Waals surface area contributed by atoms with E-state index in [2.05, 4.69) is 40.9 Å². The lowest BCUT2D eigenvalue weighted by molar-refractivity contribution is -0.142. The standard InChI is InChI=1S/C46H52ClFN6O9S/c1-46(2,3)38-20-27-19-37(36(61-4)22-30(27)34-23-35(55)31(44(58)59)24-54(34)38)63-17-6-7-26(43(56)57)10-12-52-13-15-53(16-14-52)25-33-39(45(60)62-5)40(29-9-8-28(48)21-32(29)47)51-41(50-33)42-49-11-18-64-42/h8-9,11,18-19,21-24,26,38,40H,6-7,10,12-17,20,25H2,1-5H3,(H,50,51)(H,56,57)(H,58,59)/t26?,38?,40-/m0/s1. The van der Waals surface area contributed by atoms with E-state index in [4.69, 9.17) is 30.8 Å². The maximum Gasteiger partial charge on any atom is 0.341 e. The minimum Gasteiger partial charge on any atom is -0.493 e. The second-order valence-electron chi connectivity index (χ2n) is 17.2. The molecular weight excluding hydrogens is 867 g/mol. The summed E-state index contributed by atoms with van der Waals surface area (Å²) in [6.45, 7) is 10.1. The monoisotopic (exact) mass is 918 g/mol. The Hall–Kier alpha value is -5.62. The summed E-state index contributed by atoms with van der Waals surface area (Å²) < 4.78 is 33.1. The van der Waals surface area contributed by atoms with E-state index < -0.39 is 41.1 Å². The summed E-state index contributed by atoms with van der Waals surface area (Å²) in [7, 11) is 2.82. The molecule has 5 heterocycles. The SMILES string of the molecule is COC(=O)C1=C(CN2CCN(CCC(CCCOc3cc4c(cc3OC)-c3cc(=O)c(C(=O)O)cn3C(C(C)(C)C)C4)C(=O)O)CC2)NC(c2nccs2)=N[C@H]1c1ccc(F)cc1Cl. The van der Waals surface area contributed by atoms with Crippen LogP contribution >= 0.6 is 22.9 Å². The van der Waals surface area contributed by atoms with Gasteiger partial charge in [-0.3, -0.25) is 19.5 Å². The molecule has 3 atom stereocenters. The highest BCUT2D eigenvalue weighted by atomic mass is 35.5. The average molecular weight is 919 g/mol. The molecule has 0 spiro atoms. The third-order valence-corrected chi connectivity index (χ3v) is 13.2. The number of benzene rings is 2. The second-order valence-corrected chi connectivity index (χ2v) is 18.5. The first kappa shape index (κ1) is 46.4. The van der Waals surface area contributed by atoms with Gasteiger partial charge in [0.2, 0.25) is 0 Å². The minimum atomic E-state index is -1.27. The molecule has 0 aliphatic carbocycles. The molecule has 1 saturated heterocycles. The predicted molar refractivity (Wildman–Crippen MR) is 240 cm³/mol. The number of esters is 1. The number of hydrogen-bond donors (Lipinski definition) is 3. The van der Waals surface area contributed by atoms with Crippen LogP contribution in [0.25, 0.3) is 11.3 Å². The molecule has 3 aliphatic heterocycles. The van der Waals surface area contributed by atoms with E-state index in [9.17, 15) is 33.8 Å². The van der Waals surface area contributed by atoms with Crippen LogP contribution in [-0.2, 0) is 20.7 Å². The molecule has 0 bridgehead atoms. The molecule has 64 heavy (non-hydrogen) atoms. The van der Waals surface area contributed by atoms with Gasteiger partial charge < -0.3 is 39.2 Å². The number of pyridine rings is 1. The number of carbonyl (C=O) groups is 3. The van der Waals surface area contributed by atoms with Crippen molar-refractivity contribution in [3.63, 3.8) is 0 Å². The maximum atomic E-state index is 14.1. The first-order valence-electron chi connectivity index (χ1n) is 21.1. The number of aliphatic imine (C=N–C) groups is 1. The van der Waals surface area contributed by atoms with Gasteiger partial charge in [0.05, 0.1) is 38.0 Å². The lowest BCUT2D eigenvalue weighted by Gasteiger charge is -2.39. The number of thiazole rings is 1. The summed E-state index contributed by atoms with van der Waals surface area (Å²) in [5.74, 6) is -2.38. The summed E-state index contributed by atoms with van der Waals surface area (Å²) >= 11 is 7.90. The van der Waals surface area contributed by atoms with E-state index in [1.165, 1.54) is 56.0 Å². The van der Waals surface area contributed by atoms with Crippen LogP contribution in [-0.4, -0.2) is 113 Å². The Bertz CT molecular complexity index is 2530. The number of hydrogen-bond acceptors (Lipinski definition) is 13. The number of nitrogens with one attached hydrogen (secondary N) is 1. The molecule has 4 aromatic rings. The number of amidine groups is 1. The minimum absolute atomic E-state index is 0.133. The van der Waals surface area contributed by atoms with Crippen molar-refractivity contribution in [1.82, 2.24) is 24.7 Å². The molecule has 340 valence electrons. The molecule has 0 saturated carbocycles. The Morgan fingerprint density at radius 2 is 1.78 bits per heavy atom. The van der Waals surface area contributed by atoms with Crippen LogP contribution in [0.1, 0.15) is 78.6 Å². The first-order chi connectivity index (χ1) is 30.6. The van der Waals surface area contributed by atoms with E-state index >= 15 is 0 Å². The second kappa shape index (κ2) is 19.6.